The van der Waals surface area contributed by atoms with Crippen LogP contribution in [0.25, 0.3) is 0 Å². The molecule has 0 aliphatic heterocycles. The van der Waals surface area contributed by atoms with Crippen LogP contribution in [0.3, 0.4) is 0 Å². The third-order valence-electron chi connectivity index (χ3n) is 3.37. The average Bonchev–Trinajstić information content (AvgIpc) is 2.72. The largest absolute Gasteiger partial charge is 0.294 e. The van der Waals surface area contributed by atoms with Gasteiger partial charge in [-0.2, -0.15) is 0 Å². The van der Waals surface area contributed by atoms with Gasteiger partial charge in [0, 0.05) is 12.0 Å². The van der Waals surface area contributed by atoms with Crippen LogP contribution in [0.15, 0.2) is 18.2 Å². The molecule has 1 aliphatic rings. The average molecular weight is 216 g/mol. The van der Waals surface area contributed by atoms with Gasteiger partial charge in [0.1, 0.15) is 0 Å². The zero-order chi connectivity index (χ0) is 11.5. The van der Waals surface area contributed by atoms with E-state index in [1.807, 2.05) is 6.07 Å². The van der Waals surface area contributed by atoms with Crippen molar-refractivity contribution in [1.82, 2.24) is 0 Å². The second kappa shape index (κ2) is 4.82. The highest BCUT2D eigenvalue weighted by atomic mass is 16.1. The first kappa shape index (κ1) is 11.4. The van der Waals surface area contributed by atoms with Crippen LogP contribution in [-0.4, -0.2) is 5.78 Å². The minimum Gasteiger partial charge on any atom is -0.294 e. The fourth-order valence-electron chi connectivity index (χ4n) is 2.31. The van der Waals surface area contributed by atoms with Crippen LogP contribution in [0.2, 0.25) is 0 Å². The second-order valence-electron chi connectivity index (χ2n) is 5.19. The standard InChI is InChI=1S/C15H20O/c1-11(2)6-9-15(16)14-8-7-12-4-3-5-13(12)10-14/h7-8,10-11H,3-6,9H2,1-2H3. The van der Waals surface area contributed by atoms with Gasteiger partial charge in [-0.25, -0.2) is 0 Å². The molecule has 2 rings (SSSR count). The molecule has 1 aliphatic carbocycles. The third-order valence-corrected chi connectivity index (χ3v) is 3.37. The van der Waals surface area contributed by atoms with E-state index in [0.717, 1.165) is 18.4 Å². The Morgan fingerprint density at radius 1 is 1.25 bits per heavy atom. The van der Waals surface area contributed by atoms with Crippen molar-refractivity contribution in [3.8, 4) is 0 Å². The quantitative estimate of drug-likeness (QED) is 0.700. The van der Waals surface area contributed by atoms with Crippen molar-refractivity contribution >= 4 is 5.78 Å². The van der Waals surface area contributed by atoms with E-state index >= 15 is 0 Å². The minimum absolute atomic E-state index is 0.309. The van der Waals surface area contributed by atoms with Crippen molar-refractivity contribution in [3.05, 3.63) is 34.9 Å². The van der Waals surface area contributed by atoms with Crippen molar-refractivity contribution < 1.29 is 4.79 Å². The van der Waals surface area contributed by atoms with E-state index in [0.29, 0.717) is 18.1 Å². The van der Waals surface area contributed by atoms with Crippen LogP contribution in [0.5, 0.6) is 0 Å². The van der Waals surface area contributed by atoms with E-state index in [4.69, 9.17) is 0 Å². The molecule has 0 unspecified atom stereocenters. The summed E-state index contributed by atoms with van der Waals surface area (Å²) in [6.07, 6.45) is 5.28. The number of benzene rings is 1. The monoisotopic (exact) mass is 216 g/mol. The predicted molar refractivity (Wildman–Crippen MR) is 66.9 cm³/mol. The van der Waals surface area contributed by atoms with E-state index in [1.54, 1.807) is 0 Å². The summed E-state index contributed by atoms with van der Waals surface area (Å²) in [5, 5.41) is 0. The molecule has 1 aromatic carbocycles. The Balaban J connectivity index is 2.06. The lowest BCUT2D eigenvalue weighted by Gasteiger charge is -2.06. The first-order valence-electron chi connectivity index (χ1n) is 6.32. The molecule has 0 aromatic heterocycles. The summed E-state index contributed by atoms with van der Waals surface area (Å²) in [7, 11) is 0. The Kier molecular flexibility index (Phi) is 3.42. The molecule has 0 radical (unpaired) electrons. The number of hydrogen-bond acceptors (Lipinski definition) is 1. The molecule has 86 valence electrons. The van der Waals surface area contributed by atoms with E-state index in [9.17, 15) is 4.79 Å². The molecule has 1 nitrogen and oxygen atoms in total. The number of ketones is 1. The van der Waals surface area contributed by atoms with Crippen molar-refractivity contribution in [1.29, 1.82) is 0 Å². The molecule has 0 amide bonds. The van der Waals surface area contributed by atoms with Gasteiger partial charge in [-0.3, -0.25) is 4.79 Å². The van der Waals surface area contributed by atoms with Crippen LogP contribution >= 0.6 is 0 Å². The Morgan fingerprint density at radius 3 is 2.75 bits per heavy atom. The molecule has 0 atom stereocenters. The van der Waals surface area contributed by atoms with Crippen LogP contribution in [0.4, 0.5) is 0 Å². The molecule has 0 N–H and O–H groups in total. The Bertz CT molecular complexity index is 390. The highest BCUT2D eigenvalue weighted by Gasteiger charge is 2.13. The maximum atomic E-state index is 11.9. The van der Waals surface area contributed by atoms with E-state index in [2.05, 4.69) is 26.0 Å². The third kappa shape index (κ3) is 2.52. The van der Waals surface area contributed by atoms with Gasteiger partial charge in [-0.1, -0.05) is 26.0 Å². The van der Waals surface area contributed by atoms with Crippen LogP contribution in [0, 0.1) is 5.92 Å². The molecule has 0 bridgehead atoms. The minimum atomic E-state index is 0.309. The molecular weight excluding hydrogens is 196 g/mol. The van der Waals surface area contributed by atoms with Crippen molar-refractivity contribution in [3.63, 3.8) is 0 Å². The second-order valence-corrected chi connectivity index (χ2v) is 5.19. The summed E-state index contributed by atoms with van der Waals surface area (Å²) in [6.45, 7) is 4.33. The number of hydrogen-bond donors (Lipinski definition) is 0. The van der Waals surface area contributed by atoms with Gasteiger partial charge in [0.25, 0.3) is 0 Å². The van der Waals surface area contributed by atoms with Crippen LogP contribution in [0.1, 0.15) is 54.6 Å². The number of carbonyl (C=O) groups excluding carboxylic acids is 1. The Hall–Kier alpha value is -1.11. The lowest BCUT2D eigenvalue weighted by molar-refractivity contribution is 0.0975. The summed E-state index contributed by atoms with van der Waals surface area (Å²) >= 11 is 0. The zero-order valence-corrected chi connectivity index (χ0v) is 10.3. The number of carbonyl (C=O) groups is 1. The van der Waals surface area contributed by atoms with Gasteiger partial charge in [0.05, 0.1) is 0 Å². The molecule has 0 fully saturated rings. The lowest BCUT2D eigenvalue weighted by atomic mass is 9.98. The normalized spacial score (nSPS) is 14.2. The highest BCUT2D eigenvalue weighted by molar-refractivity contribution is 5.96. The van der Waals surface area contributed by atoms with Crippen LogP contribution < -0.4 is 0 Å². The molecule has 16 heavy (non-hydrogen) atoms. The molecule has 0 saturated carbocycles. The van der Waals surface area contributed by atoms with Crippen molar-refractivity contribution in [2.24, 2.45) is 5.92 Å². The summed E-state index contributed by atoms with van der Waals surface area (Å²) in [5.74, 6) is 0.918. The molecule has 0 heterocycles. The first-order chi connectivity index (χ1) is 7.66. The lowest BCUT2D eigenvalue weighted by Crippen LogP contribution is -2.02. The van der Waals surface area contributed by atoms with Crippen molar-refractivity contribution in [2.75, 3.05) is 0 Å². The predicted octanol–water partition coefficient (Wildman–Crippen LogP) is 3.79. The summed E-state index contributed by atoms with van der Waals surface area (Å²) in [6, 6.07) is 6.27. The summed E-state index contributed by atoms with van der Waals surface area (Å²) in [5.41, 5.74) is 3.76. The maximum Gasteiger partial charge on any atom is 0.162 e. The van der Waals surface area contributed by atoms with Gasteiger partial charge in [0.15, 0.2) is 5.78 Å². The molecule has 1 heteroatoms. The fourth-order valence-corrected chi connectivity index (χ4v) is 2.31. The van der Waals surface area contributed by atoms with Gasteiger partial charge in [0.2, 0.25) is 0 Å². The maximum absolute atomic E-state index is 11.9. The van der Waals surface area contributed by atoms with Gasteiger partial charge >= 0.3 is 0 Å². The number of fused-ring (bicyclic) bond motifs is 1. The molecular formula is C15H20O. The number of aryl methyl sites for hydroxylation is 2. The summed E-state index contributed by atoms with van der Waals surface area (Å²) in [4.78, 5) is 11.9. The number of rotatable bonds is 4. The zero-order valence-electron chi connectivity index (χ0n) is 10.3. The number of Topliss-reactive ketones (excluding diaryl/α,β-unsaturated/α-hetero) is 1. The molecule has 0 saturated heterocycles. The van der Waals surface area contributed by atoms with Gasteiger partial charge < -0.3 is 0 Å². The Morgan fingerprint density at radius 2 is 2.00 bits per heavy atom. The van der Waals surface area contributed by atoms with E-state index in [1.165, 1.54) is 24.0 Å². The smallest absolute Gasteiger partial charge is 0.162 e. The van der Waals surface area contributed by atoms with Gasteiger partial charge in [-0.15, -0.1) is 0 Å². The molecule has 1 aromatic rings. The van der Waals surface area contributed by atoms with E-state index < -0.39 is 0 Å². The van der Waals surface area contributed by atoms with Crippen LogP contribution in [-0.2, 0) is 12.8 Å². The van der Waals surface area contributed by atoms with Gasteiger partial charge in [-0.05, 0) is 48.8 Å². The first-order valence-corrected chi connectivity index (χ1v) is 6.32. The van der Waals surface area contributed by atoms with E-state index in [-0.39, 0.29) is 0 Å². The Labute approximate surface area is 97.9 Å². The highest BCUT2D eigenvalue weighted by Crippen LogP contribution is 2.23. The topological polar surface area (TPSA) is 17.1 Å². The molecule has 0 spiro atoms. The van der Waals surface area contributed by atoms with Crippen molar-refractivity contribution in [2.45, 2.75) is 46.0 Å². The fraction of sp³-hybridized carbons (Fsp3) is 0.533. The summed E-state index contributed by atoms with van der Waals surface area (Å²) < 4.78 is 0. The SMILES string of the molecule is CC(C)CCC(=O)c1ccc2c(c1)CCC2.